The molecule has 0 aliphatic heterocycles. The Morgan fingerprint density at radius 1 is 1.37 bits per heavy atom. The normalized spacial score (nSPS) is 11.7. The number of aliphatic carboxylic acids is 1. The number of hydrogen-bond donors (Lipinski definition) is 4. The average molecular weight is 267 g/mol. The Morgan fingerprint density at radius 3 is 2.63 bits per heavy atom. The number of nitrogens with zero attached hydrogens (tertiary/aromatic N) is 1. The molecule has 19 heavy (non-hydrogen) atoms. The fourth-order valence-corrected chi connectivity index (χ4v) is 1.27. The van der Waals surface area contributed by atoms with Crippen molar-refractivity contribution in [3.05, 3.63) is 18.3 Å². The van der Waals surface area contributed by atoms with E-state index in [-0.39, 0.29) is 18.7 Å². The van der Waals surface area contributed by atoms with Crippen LogP contribution in [0.15, 0.2) is 18.3 Å². The maximum atomic E-state index is 11.4. The van der Waals surface area contributed by atoms with E-state index in [9.17, 15) is 9.59 Å². The van der Waals surface area contributed by atoms with E-state index >= 15 is 0 Å². The molecule has 0 fully saturated rings. The van der Waals surface area contributed by atoms with Gasteiger partial charge in [0.05, 0.1) is 24.4 Å². The summed E-state index contributed by atoms with van der Waals surface area (Å²) in [7, 11) is 0. The van der Waals surface area contributed by atoms with Gasteiger partial charge < -0.3 is 20.8 Å². The van der Waals surface area contributed by atoms with Gasteiger partial charge in [-0.2, -0.15) is 0 Å². The second kappa shape index (κ2) is 7.32. The highest BCUT2D eigenvalue weighted by Crippen LogP contribution is 2.10. The van der Waals surface area contributed by atoms with Gasteiger partial charge >= 0.3 is 5.97 Å². The topological polar surface area (TPSA) is 112 Å². The molecule has 0 radical (unpaired) electrons. The number of carbonyl (C=O) groups excluding carboxylic acids is 1. The number of rotatable bonds is 7. The highest BCUT2D eigenvalue weighted by molar-refractivity contribution is 5.92. The maximum Gasteiger partial charge on any atom is 0.303 e. The molecule has 4 N–H and O–H groups in total. The third-order valence-corrected chi connectivity index (χ3v) is 2.19. The third kappa shape index (κ3) is 6.37. The highest BCUT2D eigenvalue weighted by atomic mass is 16.4. The van der Waals surface area contributed by atoms with E-state index in [2.05, 4.69) is 15.6 Å². The van der Waals surface area contributed by atoms with E-state index in [1.165, 1.54) is 6.20 Å². The van der Waals surface area contributed by atoms with Crippen LogP contribution in [0.1, 0.15) is 19.8 Å². The summed E-state index contributed by atoms with van der Waals surface area (Å²) in [5, 5.41) is 23.0. The van der Waals surface area contributed by atoms with Crippen LogP contribution in [0.2, 0.25) is 0 Å². The number of hydrogen-bond acceptors (Lipinski definition) is 5. The smallest absolute Gasteiger partial charge is 0.303 e. The van der Waals surface area contributed by atoms with Gasteiger partial charge in [0, 0.05) is 13.0 Å². The molecule has 7 nitrogen and oxygen atoms in total. The summed E-state index contributed by atoms with van der Waals surface area (Å²) in [6.45, 7) is 2.04. The number of carbonyl (C=O) groups is 2. The standard InChI is InChI=1S/C12H17N3O4/c1-8(16)6-13-10-3-2-9(7-14-10)15-11(17)4-5-12(18)19/h2-3,7-8,16H,4-6H2,1H3,(H,13,14)(H,15,17)(H,18,19). The lowest BCUT2D eigenvalue weighted by Crippen LogP contribution is -2.16. The fourth-order valence-electron chi connectivity index (χ4n) is 1.27. The van der Waals surface area contributed by atoms with Crippen LogP contribution in [0.5, 0.6) is 0 Å². The lowest BCUT2D eigenvalue weighted by molar-refractivity contribution is -0.138. The Morgan fingerprint density at radius 2 is 2.11 bits per heavy atom. The molecule has 1 atom stereocenters. The zero-order valence-electron chi connectivity index (χ0n) is 10.6. The number of pyridine rings is 1. The first-order chi connectivity index (χ1) is 8.97. The van der Waals surface area contributed by atoms with Crippen LogP contribution in [0, 0.1) is 0 Å². The minimum atomic E-state index is -1.01. The van der Waals surface area contributed by atoms with Gasteiger partial charge in [-0.05, 0) is 19.1 Å². The van der Waals surface area contributed by atoms with Crippen molar-refractivity contribution in [2.45, 2.75) is 25.9 Å². The summed E-state index contributed by atoms with van der Waals surface area (Å²) in [6, 6.07) is 3.31. The molecule has 1 unspecified atom stereocenters. The van der Waals surface area contributed by atoms with Gasteiger partial charge in [-0.3, -0.25) is 9.59 Å². The van der Waals surface area contributed by atoms with E-state index in [0.717, 1.165) is 0 Å². The number of amides is 1. The molecule has 0 saturated carbocycles. The van der Waals surface area contributed by atoms with Crippen LogP contribution in [-0.4, -0.2) is 39.7 Å². The second-order valence-corrected chi connectivity index (χ2v) is 4.10. The lowest BCUT2D eigenvalue weighted by Gasteiger charge is -2.08. The molecule has 0 spiro atoms. The molecular formula is C12H17N3O4. The van der Waals surface area contributed by atoms with Crippen LogP contribution in [0.3, 0.4) is 0 Å². The third-order valence-electron chi connectivity index (χ3n) is 2.19. The fraction of sp³-hybridized carbons (Fsp3) is 0.417. The minimum Gasteiger partial charge on any atom is -0.481 e. The summed E-state index contributed by atoms with van der Waals surface area (Å²) in [5.41, 5.74) is 0.498. The van der Waals surface area contributed by atoms with Gasteiger partial charge in [0.15, 0.2) is 0 Å². The molecule has 1 rings (SSSR count). The largest absolute Gasteiger partial charge is 0.481 e. The number of aliphatic hydroxyl groups excluding tert-OH is 1. The van der Waals surface area contributed by atoms with Gasteiger partial charge in [0.25, 0.3) is 0 Å². The predicted molar refractivity (Wildman–Crippen MR) is 69.9 cm³/mol. The van der Waals surface area contributed by atoms with Crippen LogP contribution < -0.4 is 10.6 Å². The highest BCUT2D eigenvalue weighted by Gasteiger charge is 2.06. The number of nitrogens with one attached hydrogen (secondary N) is 2. The van der Waals surface area contributed by atoms with Crippen molar-refractivity contribution >= 4 is 23.4 Å². The Hall–Kier alpha value is -2.15. The number of aromatic nitrogens is 1. The quantitative estimate of drug-likeness (QED) is 0.578. The van der Waals surface area contributed by atoms with Crippen molar-refractivity contribution in [3.8, 4) is 0 Å². The van der Waals surface area contributed by atoms with Crippen LogP contribution in [-0.2, 0) is 9.59 Å². The van der Waals surface area contributed by atoms with Crippen molar-refractivity contribution in [2.75, 3.05) is 17.2 Å². The SMILES string of the molecule is CC(O)CNc1ccc(NC(=O)CCC(=O)O)cn1. The van der Waals surface area contributed by atoms with Gasteiger partial charge in [-0.15, -0.1) is 0 Å². The van der Waals surface area contributed by atoms with Crippen molar-refractivity contribution in [2.24, 2.45) is 0 Å². The Labute approximate surface area is 110 Å². The number of carboxylic acids is 1. The molecule has 7 heteroatoms. The summed E-state index contributed by atoms with van der Waals surface area (Å²) in [6.07, 6.45) is 0.713. The molecule has 1 amide bonds. The van der Waals surface area contributed by atoms with Gasteiger partial charge in [0.1, 0.15) is 5.82 Å². The summed E-state index contributed by atoms with van der Waals surface area (Å²) in [4.78, 5) is 25.7. The minimum absolute atomic E-state index is 0.0721. The Bertz CT molecular complexity index is 431. The van der Waals surface area contributed by atoms with Crippen LogP contribution in [0.25, 0.3) is 0 Å². The molecule has 1 aromatic heterocycles. The number of anilines is 2. The monoisotopic (exact) mass is 267 g/mol. The maximum absolute atomic E-state index is 11.4. The molecule has 1 heterocycles. The van der Waals surface area contributed by atoms with Crippen molar-refractivity contribution in [1.82, 2.24) is 4.98 Å². The van der Waals surface area contributed by atoms with Crippen molar-refractivity contribution in [1.29, 1.82) is 0 Å². The lowest BCUT2D eigenvalue weighted by atomic mass is 10.3. The molecule has 0 aliphatic rings. The molecule has 0 saturated heterocycles. The first-order valence-corrected chi connectivity index (χ1v) is 5.87. The van der Waals surface area contributed by atoms with Gasteiger partial charge in [-0.25, -0.2) is 4.98 Å². The number of carboxylic acid groups (broad SMARTS) is 1. The number of aliphatic hydroxyl groups is 1. The van der Waals surface area contributed by atoms with E-state index in [4.69, 9.17) is 10.2 Å². The van der Waals surface area contributed by atoms with Crippen LogP contribution >= 0.6 is 0 Å². The van der Waals surface area contributed by atoms with E-state index in [1.807, 2.05) is 0 Å². The summed E-state index contributed by atoms with van der Waals surface area (Å²) in [5.74, 6) is -0.788. The van der Waals surface area contributed by atoms with Crippen molar-refractivity contribution < 1.29 is 19.8 Å². The van der Waals surface area contributed by atoms with E-state index in [1.54, 1.807) is 19.1 Å². The zero-order chi connectivity index (χ0) is 14.3. The van der Waals surface area contributed by atoms with E-state index in [0.29, 0.717) is 18.1 Å². The molecular weight excluding hydrogens is 250 g/mol. The summed E-state index contributed by atoms with van der Waals surface area (Å²) >= 11 is 0. The van der Waals surface area contributed by atoms with E-state index < -0.39 is 12.1 Å². The average Bonchev–Trinajstić information content (AvgIpc) is 2.35. The second-order valence-electron chi connectivity index (χ2n) is 4.10. The Kier molecular flexibility index (Phi) is 5.74. The molecule has 1 aromatic rings. The molecule has 104 valence electrons. The molecule has 0 aliphatic carbocycles. The predicted octanol–water partition coefficient (Wildman–Crippen LogP) is 0.678. The van der Waals surface area contributed by atoms with Gasteiger partial charge in [-0.1, -0.05) is 0 Å². The van der Waals surface area contributed by atoms with Crippen molar-refractivity contribution in [3.63, 3.8) is 0 Å². The zero-order valence-corrected chi connectivity index (χ0v) is 10.6. The Balaban J connectivity index is 2.43. The summed E-state index contributed by atoms with van der Waals surface area (Å²) < 4.78 is 0. The van der Waals surface area contributed by atoms with Gasteiger partial charge in [0.2, 0.25) is 5.91 Å². The first-order valence-electron chi connectivity index (χ1n) is 5.87. The molecule has 0 bridgehead atoms. The van der Waals surface area contributed by atoms with Crippen LogP contribution in [0.4, 0.5) is 11.5 Å². The molecule has 0 aromatic carbocycles. The first kappa shape index (κ1) is 14.9.